The van der Waals surface area contributed by atoms with Crippen LogP contribution in [0.25, 0.3) is 0 Å². The molecule has 4 heteroatoms. The van der Waals surface area contributed by atoms with Crippen LogP contribution >= 0.6 is 0 Å². The van der Waals surface area contributed by atoms with Crippen LogP contribution in [0.1, 0.15) is 46.0 Å². The van der Waals surface area contributed by atoms with Crippen LogP contribution in [0.15, 0.2) is 4.99 Å². The molecule has 4 nitrogen and oxygen atoms in total. The molecule has 2 rings (SSSR count). The Labute approximate surface area is 124 Å². The van der Waals surface area contributed by atoms with Gasteiger partial charge in [-0.25, -0.2) is 0 Å². The van der Waals surface area contributed by atoms with Gasteiger partial charge in [0, 0.05) is 39.3 Å². The topological polar surface area (TPSA) is 39.7 Å². The number of likely N-dealkylation sites (tertiary alicyclic amines) is 1. The monoisotopic (exact) mass is 280 g/mol. The maximum atomic E-state index is 4.35. The molecular formula is C16H32N4. The highest BCUT2D eigenvalue weighted by Gasteiger charge is 2.22. The van der Waals surface area contributed by atoms with E-state index < -0.39 is 0 Å². The standard InChI is InChI=1S/C16H32N4/c1-13(2)12-20-10-7-15(8-11-20)19-16(17-3)18-9-6-14-4-5-14/h13-15H,4-12H2,1-3H3,(H2,17,18,19). The lowest BCUT2D eigenvalue weighted by Crippen LogP contribution is -2.49. The second-order valence-corrected chi connectivity index (χ2v) is 6.84. The van der Waals surface area contributed by atoms with Crippen molar-refractivity contribution in [2.24, 2.45) is 16.8 Å². The molecule has 1 aliphatic heterocycles. The van der Waals surface area contributed by atoms with Gasteiger partial charge in [-0.1, -0.05) is 26.7 Å². The van der Waals surface area contributed by atoms with E-state index in [1.165, 1.54) is 51.7 Å². The molecule has 1 aliphatic carbocycles. The van der Waals surface area contributed by atoms with E-state index in [-0.39, 0.29) is 0 Å². The van der Waals surface area contributed by atoms with E-state index in [9.17, 15) is 0 Å². The van der Waals surface area contributed by atoms with Gasteiger partial charge < -0.3 is 15.5 Å². The van der Waals surface area contributed by atoms with Crippen molar-refractivity contribution in [3.63, 3.8) is 0 Å². The minimum Gasteiger partial charge on any atom is -0.356 e. The predicted octanol–water partition coefficient (Wildman–Crippen LogP) is 2.07. The summed E-state index contributed by atoms with van der Waals surface area (Å²) in [5.74, 6) is 2.75. The fourth-order valence-corrected chi connectivity index (χ4v) is 2.97. The Kier molecular flexibility index (Phi) is 6.14. The zero-order chi connectivity index (χ0) is 14.4. The third-order valence-corrected chi connectivity index (χ3v) is 4.32. The summed E-state index contributed by atoms with van der Waals surface area (Å²) >= 11 is 0. The average molecular weight is 280 g/mol. The van der Waals surface area contributed by atoms with Crippen molar-refractivity contribution in [1.29, 1.82) is 0 Å². The number of nitrogens with zero attached hydrogens (tertiary/aromatic N) is 2. The van der Waals surface area contributed by atoms with Gasteiger partial charge in [0.25, 0.3) is 0 Å². The summed E-state index contributed by atoms with van der Waals surface area (Å²) in [5.41, 5.74) is 0. The first-order valence-corrected chi connectivity index (χ1v) is 8.37. The van der Waals surface area contributed by atoms with Gasteiger partial charge in [0.1, 0.15) is 0 Å². The zero-order valence-corrected chi connectivity index (χ0v) is 13.5. The van der Waals surface area contributed by atoms with Crippen molar-refractivity contribution in [3.8, 4) is 0 Å². The van der Waals surface area contributed by atoms with Crippen molar-refractivity contribution in [2.75, 3.05) is 33.2 Å². The van der Waals surface area contributed by atoms with Gasteiger partial charge in [-0.3, -0.25) is 4.99 Å². The number of rotatable bonds is 6. The maximum Gasteiger partial charge on any atom is 0.191 e. The number of guanidine groups is 1. The summed E-state index contributed by atoms with van der Waals surface area (Å²) in [5, 5.41) is 7.04. The lowest BCUT2D eigenvalue weighted by molar-refractivity contribution is 0.187. The largest absolute Gasteiger partial charge is 0.356 e. The first-order chi connectivity index (χ1) is 9.67. The molecule has 1 heterocycles. The lowest BCUT2D eigenvalue weighted by atomic mass is 10.0. The fourth-order valence-electron chi connectivity index (χ4n) is 2.97. The molecule has 0 aromatic heterocycles. The predicted molar refractivity (Wildman–Crippen MR) is 86.1 cm³/mol. The van der Waals surface area contributed by atoms with E-state index in [0.717, 1.165) is 24.3 Å². The Bertz CT molecular complexity index is 302. The summed E-state index contributed by atoms with van der Waals surface area (Å²) in [6.07, 6.45) is 6.63. The molecule has 0 atom stereocenters. The smallest absolute Gasteiger partial charge is 0.191 e. The van der Waals surface area contributed by atoms with Gasteiger partial charge in [-0.05, 0) is 31.1 Å². The minimum atomic E-state index is 0.588. The first kappa shape index (κ1) is 15.6. The molecule has 116 valence electrons. The summed E-state index contributed by atoms with van der Waals surface area (Å²) < 4.78 is 0. The quantitative estimate of drug-likeness (QED) is 0.578. The van der Waals surface area contributed by atoms with Crippen molar-refractivity contribution >= 4 is 5.96 Å². The number of nitrogens with one attached hydrogen (secondary N) is 2. The summed E-state index contributed by atoms with van der Waals surface area (Å²) in [4.78, 5) is 6.94. The Morgan fingerprint density at radius 2 is 1.90 bits per heavy atom. The molecule has 0 unspecified atom stereocenters. The van der Waals surface area contributed by atoms with Gasteiger partial charge in [-0.15, -0.1) is 0 Å². The van der Waals surface area contributed by atoms with Crippen molar-refractivity contribution < 1.29 is 0 Å². The summed E-state index contributed by atoms with van der Waals surface area (Å²) in [6.45, 7) is 9.34. The van der Waals surface area contributed by atoms with Crippen molar-refractivity contribution in [1.82, 2.24) is 15.5 Å². The van der Waals surface area contributed by atoms with Gasteiger partial charge in [0.15, 0.2) is 5.96 Å². The molecule has 2 N–H and O–H groups in total. The third kappa shape index (κ3) is 5.70. The Morgan fingerprint density at radius 1 is 1.20 bits per heavy atom. The number of piperidine rings is 1. The molecule has 2 fully saturated rings. The van der Waals surface area contributed by atoms with Gasteiger partial charge in [0.05, 0.1) is 0 Å². The minimum absolute atomic E-state index is 0.588. The molecule has 0 bridgehead atoms. The lowest BCUT2D eigenvalue weighted by Gasteiger charge is -2.34. The Balaban J connectivity index is 1.62. The van der Waals surface area contributed by atoms with E-state index in [1.807, 2.05) is 7.05 Å². The van der Waals surface area contributed by atoms with Crippen LogP contribution in [0.2, 0.25) is 0 Å². The van der Waals surface area contributed by atoms with Crippen LogP contribution in [0.4, 0.5) is 0 Å². The maximum absolute atomic E-state index is 4.35. The molecule has 0 aromatic carbocycles. The number of aliphatic imine (C=N–C) groups is 1. The van der Waals surface area contributed by atoms with Crippen LogP contribution in [0.3, 0.4) is 0 Å². The highest BCUT2D eigenvalue weighted by molar-refractivity contribution is 5.79. The average Bonchev–Trinajstić information content (AvgIpc) is 3.23. The van der Waals surface area contributed by atoms with Gasteiger partial charge in [0.2, 0.25) is 0 Å². The summed E-state index contributed by atoms with van der Waals surface area (Å²) in [7, 11) is 1.88. The first-order valence-electron chi connectivity index (χ1n) is 8.37. The molecule has 0 amide bonds. The molecule has 1 saturated carbocycles. The van der Waals surface area contributed by atoms with E-state index in [4.69, 9.17) is 0 Å². The Hall–Kier alpha value is -0.770. The van der Waals surface area contributed by atoms with Crippen LogP contribution in [-0.4, -0.2) is 50.1 Å². The van der Waals surface area contributed by atoms with Crippen LogP contribution in [-0.2, 0) is 0 Å². The highest BCUT2D eigenvalue weighted by atomic mass is 15.2. The van der Waals surface area contributed by atoms with Crippen LogP contribution < -0.4 is 10.6 Å². The zero-order valence-electron chi connectivity index (χ0n) is 13.5. The molecular weight excluding hydrogens is 248 g/mol. The second-order valence-electron chi connectivity index (χ2n) is 6.84. The molecule has 1 saturated heterocycles. The molecule has 20 heavy (non-hydrogen) atoms. The van der Waals surface area contributed by atoms with Gasteiger partial charge >= 0.3 is 0 Å². The Morgan fingerprint density at radius 3 is 2.45 bits per heavy atom. The van der Waals surface area contributed by atoms with Crippen molar-refractivity contribution in [2.45, 2.75) is 52.0 Å². The SMILES string of the molecule is CN=C(NCCC1CC1)NC1CCN(CC(C)C)CC1. The highest BCUT2D eigenvalue weighted by Crippen LogP contribution is 2.31. The third-order valence-electron chi connectivity index (χ3n) is 4.32. The van der Waals surface area contributed by atoms with Crippen molar-refractivity contribution in [3.05, 3.63) is 0 Å². The number of hydrogen-bond donors (Lipinski definition) is 2. The van der Waals surface area contributed by atoms with Crippen LogP contribution in [0, 0.1) is 11.8 Å². The fraction of sp³-hybridized carbons (Fsp3) is 0.938. The number of hydrogen-bond acceptors (Lipinski definition) is 2. The molecule has 0 aromatic rings. The van der Waals surface area contributed by atoms with Gasteiger partial charge in [-0.2, -0.15) is 0 Å². The molecule has 2 aliphatic rings. The van der Waals surface area contributed by atoms with E-state index >= 15 is 0 Å². The molecule has 0 radical (unpaired) electrons. The van der Waals surface area contributed by atoms with E-state index in [1.54, 1.807) is 0 Å². The second kappa shape index (κ2) is 7.87. The molecule has 0 spiro atoms. The normalized spacial score (nSPS) is 22.3. The summed E-state index contributed by atoms with van der Waals surface area (Å²) in [6, 6.07) is 0.588. The van der Waals surface area contributed by atoms with Crippen LogP contribution in [0.5, 0.6) is 0 Å². The van der Waals surface area contributed by atoms with E-state index in [0.29, 0.717) is 6.04 Å². The van der Waals surface area contributed by atoms with E-state index in [2.05, 4.69) is 34.4 Å².